The van der Waals surface area contributed by atoms with Crippen molar-refractivity contribution in [2.45, 2.75) is 6.54 Å². The van der Waals surface area contributed by atoms with Gasteiger partial charge in [0.2, 0.25) is 0 Å². The lowest BCUT2D eigenvalue weighted by Crippen LogP contribution is -2.26. The maximum atomic E-state index is 13.5. The molecule has 1 amide bonds. The molecule has 0 aliphatic carbocycles. The van der Waals surface area contributed by atoms with Gasteiger partial charge in [0, 0.05) is 17.5 Å². The van der Waals surface area contributed by atoms with Crippen molar-refractivity contribution in [3.05, 3.63) is 76.0 Å². The topological polar surface area (TPSA) is 74.8 Å². The third kappa shape index (κ3) is 2.58. The van der Waals surface area contributed by atoms with Gasteiger partial charge in [-0.05, 0) is 12.1 Å². The number of nitrogens with zero attached hydrogens (tertiary/aromatic N) is 1. The average molecular weight is 297 g/mol. The van der Waals surface area contributed by atoms with E-state index in [1.54, 1.807) is 42.5 Å². The van der Waals surface area contributed by atoms with Crippen LogP contribution in [0.4, 0.5) is 4.39 Å². The Morgan fingerprint density at radius 3 is 2.55 bits per heavy atom. The number of halogens is 1. The summed E-state index contributed by atoms with van der Waals surface area (Å²) in [5, 5.41) is 9.53. The molecule has 3 aromatic rings. The highest BCUT2D eigenvalue weighted by atomic mass is 19.1. The molecule has 2 N–H and O–H groups in total. The molecule has 0 atom stereocenters. The normalized spacial score (nSPS) is 10.6. The molecule has 1 heterocycles. The molecule has 0 spiro atoms. The van der Waals surface area contributed by atoms with Crippen molar-refractivity contribution in [1.82, 2.24) is 15.5 Å². The van der Waals surface area contributed by atoms with E-state index in [9.17, 15) is 14.0 Å². The van der Waals surface area contributed by atoms with Crippen molar-refractivity contribution < 1.29 is 9.18 Å². The van der Waals surface area contributed by atoms with Crippen LogP contribution < -0.4 is 10.9 Å². The molecule has 0 aliphatic heterocycles. The Kier molecular flexibility index (Phi) is 3.65. The number of fused-ring (bicyclic) bond motifs is 1. The maximum absolute atomic E-state index is 13.5. The molecule has 6 heteroatoms. The standard InChI is InChI=1S/C16H12FN3O2/c17-13-8-4-1-5-10(13)9-18-16(22)14-11-6-2-3-7-12(11)15(21)20-19-14/h1-8H,9H2,(H,18,22)(H,20,21). The fourth-order valence-electron chi connectivity index (χ4n) is 2.19. The van der Waals surface area contributed by atoms with Gasteiger partial charge in [-0.2, -0.15) is 5.10 Å². The number of aromatic amines is 1. The van der Waals surface area contributed by atoms with Crippen LogP contribution in [0.5, 0.6) is 0 Å². The minimum atomic E-state index is -0.476. The summed E-state index contributed by atoms with van der Waals surface area (Å²) in [5.74, 6) is -0.863. The summed E-state index contributed by atoms with van der Waals surface area (Å²) >= 11 is 0. The van der Waals surface area contributed by atoms with Crippen LogP contribution >= 0.6 is 0 Å². The molecule has 110 valence electrons. The zero-order valence-corrected chi connectivity index (χ0v) is 11.5. The van der Waals surface area contributed by atoms with Crippen molar-refractivity contribution in [3.8, 4) is 0 Å². The predicted molar refractivity (Wildman–Crippen MR) is 79.9 cm³/mol. The summed E-state index contributed by atoms with van der Waals surface area (Å²) in [4.78, 5) is 23.9. The third-order valence-corrected chi connectivity index (χ3v) is 3.31. The first kappa shape index (κ1) is 13.9. The summed E-state index contributed by atoms with van der Waals surface area (Å²) in [5.41, 5.74) is 0.123. The quantitative estimate of drug-likeness (QED) is 0.776. The second-order valence-corrected chi connectivity index (χ2v) is 4.72. The van der Waals surface area contributed by atoms with Crippen LogP contribution in [-0.2, 0) is 6.54 Å². The lowest BCUT2D eigenvalue weighted by atomic mass is 10.1. The van der Waals surface area contributed by atoms with E-state index in [1.807, 2.05) is 0 Å². The Labute approximate surface area is 124 Å². The number of carbonyl (C=O) groups excluding carboxylic acids is 1. The van der Waals surface area contributed by atoms with Crippen LogP contribution in [-0.4, -0.2) is 16.1 Å². The number of rotatable bonds is 3. The van der Waals surface area contributed by atoms with Gasteiger partial charge in [-0.1, -0.05) is 36.4 Å². The maximum Gasteiger partial charge on any atom is 0.272 e. The first-order valence-corrected chi connectivity index (χ1v) is 6.66. The zero-order valence-electron chi connectivity index (χ0n) is 11.5. The van der Waals surface area contributed by atoms with Gasteiger partial charge in [-0.3, -0.25) is 9.59 Å². The molecule has 3 rings (SSSR count). The van der Waals surface area contributed by atoms with Crippen molar-refractivity contribution in [2.24, 2.45) is 0 Å². The number of H-pyrrole nitrogens is 1. The zero-order chi connectivity index (χ0) is 15.5. The monoisotopic (exact) mass is 297 g/mol. The van der Waals surface area contributed by atoms with E-state index in [1.165, 1.54) is 6.07 Å². The third-order valence-electron chi connectivity index (χ3n) is 3.31. The van der Waals surface area contributed by atoms with E-state index in [2.05, 4.69) is 15.5 Å². The Morgan fingerprint density at radius 2 is 1.77 bits per heavy atom. The fraction of sp³-hybridized carbons (Fsp3) is 0.0625. The summed E-state index contributed by atoms with van der Waals surface area (Å²) in [7, 11) is 0. The smallest absolute Gasteiger partial charge is 0.272 e. The fourth-order valence-corrected chi connectivity index (χ4v) is 2.19. The van der Waals surface area contributed by atoms with Crippen molar-refractivity contribution >= 4 is 16.7 Å². The summed E-state index contributed by atoms with van der Waals surface area (Å²) in [6.45, 7) is 0.0423. The Hall–Kier alpha value is -3.02. The minimum Gasteiger partial charge on any atom is -0.346 e. The summed E-state index contributed by atoms with van der Waals surface area (Å²) in [6.07, 6.45) is 0. The summed E-state index contributed by atoms with van der Waals surface area (Å²) < 4.78 is 13.5. The van der Waals surface area contributed by atoms with Gasteiger partial charge < -0.3 is 5.32 Å². The molecular formula is C16H12FN3O2. The molecule has 0 saturated carbocycles. The number of benzene rings is 2. The highest BCUT2D eigenvalue weighted by Crippen LogP contribution is 2.12. The van der Waals surface area contributed by atoms with Crippen molar-refractivity contribution in [3.63, 3.8) is 0 Å². The van der Waals surface area contributed by atoms with Crippen LogP contribution in [0.3, 0.4) is 0 Å². The molecule has 0 aliphatic rings. The predicted octanol–water partition coefficient (Wildman–Crippen LogP) is 1.99. The van der Waals surface area contributed by atoms with Crippen LogP contribution in [0.1, 0.15) is 16.1 Å². The average Bonchev–Trinajstić information content (AvgIpc) is 2.54. The van der Waals surface area contributed by atoms with Gasteiger partial charge >= 0.3 is 0 Å². The van der Waals surface area contributed by atoms with Crippen molar-refractivity contribution in [1.29, 1.82) is 0 Å². The van der Waals surface area contributed by atoms with Crippen LogP contribution in [0.2, 0.25) is 0 Å². The van der Waals surface area contributed by atoms with Crippen molar-refractivity contribution in [2.75, 3.05) is 0 Å². The SMILES string of the molecule is O=C(NCc1ccccc1F)c1n[nH]c(=O)c2ccccc12. The minimum absolute atomic E-state index is 0.0423. The lowest BCUT2D eigenvalue weighted by Gasteiger charge is -2.07. The van der Waals surface area contributed by atoms with E-state index in [-0.39, 0.29) is 23.6 Å². The molecule has 0 saturated heterocycles. The molecular weight excluding hydrogens is 285 g/mol. The molecule has 0 radical (unpaired) electrons. The Bertz CT molecular complexity index is 905. The first-order chi connectivity index (χ1) is 10.7. The summed E-state index contributed by atoms with van der Waals surface area (Å²) in [6, 6.07) is 12.9. The van der Waals surface area contributed by atoms with E-state index >= 15 is 0 Å². The highest BCUT2D eigenvalue weighted by Gasteiger charge is 2.14. The molecule has 2 aromatic carbocycles. The molecule has 1 aromatic heterocycles. The van der Waals surface area contributed by atoms with E-state index in [0.29, 0.717) is 16.3 Å². The van der Waals surface area contributed by atoms with Gasteiger partial charge in [-0.15, -0.1) is 0 Å². The number of carbonyl (C=O) groups is 1. The Balaban J connectivity index is 1.89. The van der Waals surface area contributed by atoms with Gasteiger partial charge in [-0.25, -0.2) is 9.49 Å². The van der Waals surface area contributed by atoms with Gasteiger partial charge in [0.05, 0.1) is 5.39 Å². The highest BCUT2D eigenvalue weighted by molar-refractivity contribution is 6.04. The molecule has 0 unspecified atom stereocenters. The number of nitrogens with one attached hydrogen (secondary N) is 2. The van der Waals surface area contributed by atoms with Gasteiger partial charge in [0.25, 0.3) is 11.5 Å². The molecule has 5 nitrogen and oxygen atoms in total. The van der Waals surface area contributed by atoms with Crippen LogP contribution in [0, 0.1) is 5.82 Å². The van der Waals surface area contributed by atoms with Gasteiger partial charge in [0.15, 0.2) is 5.69 Å². The molecule has 0 fully saturated rings. The Morgan fingerprint density at radius 1 is 1.09 bits per heavy atom. The van der Waals surface area contributed by atoms with E-state index in [0.717, 1.165) is 0 Å². The number of aromatic nitrogens is 2. The molecule has 0 bridgehead atoms. The number of amides is 1. The second-order valence-electron chi connectivity index (χ2n) is 4.72. The number of hydrogen-bond donors (Lipinski definition) is 2. The van der Waals surface area contributed by atoms with Crippen LogP contribution in [0.15, 0.2) is 53.3 Å². The van der Waals surface area contributed by atoms with Gasteiger partial charge in [0.1, 0.15) is 5.82 Å². The molecule has 22 heavy (non-hydrogen) atoms. The van der Waals surface area contributed by atoms with E-state index < -0.39 is 5.91 Å². The van der Waals surface area contributed by atoms with E-state index in [4.69, 9.17) is 0 Å². The largest absolute Gasteiger partial charge is 0.346 e. The first-order valence-electron chi connectivity index (χ1n) is 6.66. The number of hydrogen-bond acceptors (Lipinski definition) is 3. The lowest BCUT2D eigenvalue weighted by molar-refractivity contribution is 0.0946. The van der Waals surface area contributed by atoms with Crippen LogP contribution in [0.25, 0.3) is 10.8 Å². The second kappa shape index (κ2) is 5.77.